The Morgan fingerprint density at radius 3 is 2.67 bits per heavy atom. The van der Waals surface area contributed by atoms with E-state index in [9.17, 15) is 8.42 Å². The number of pyridine rings is 1. The van der Waals surface area contributed by atoms with Crippen LogP contribution in [0.25, 0.3) is 0 Å². The summed E-state index contributed by atoms with van der Waals surface area (Å²) >= 11 is 0. The Bertz CT molecular complexity index is 539. The molecule has 1 aliphatic rings. The third-order valence-electron chi connectivity index (χ3n) is 3.66. The van der Waals surface area contributed by atoms with E-state index in [0.717, 1.165) is 32.6 Å². The number of hydrogen-bond acceptors (Lipinski definition) is 5. The van der Waals surface area contributed by atoms with E-state index >= 15 is 0 Å². The monoisotopic (exact) mass is 313 g/mol. The maximum Gasteiger partial charge on any atom is 0.244 e. The van der Waals surface area contributed by atoms with Crippen molar-refractivity contribution in [3.8, 4) is 0 Å². The minimum Gasteiger partial charge on any atom is -0.381 e. The standard InChI is InChI=1S/C14H23N3O3S/c1-3-15-14-5-4-13(10-16-14)21(18,19)17(2)11-12-6-8-20-9-7-12/h4-5,10,12H,3,6-9,11H2,1-2H3,(H,15,16). The molecule has 0 bridgehead atoms. The van der Waals surface area contributed by atoms with Gasteiger partial charge in [0.15, 0.2) is 0 Å². The minimum absolute atomic E-state index is 0.235. The summed E-state index contributed by atoms with van der Waals surface area (Å²) in [6.07, 6.45) is 3.24. The third kappa shape index (κ3) is 4.15. The van der Waals surface area contributed by atoms with Crippen LogP contribution in [0.15, 0.2) is 23.2 Å². The van der Waals surface area contributed by atoms with Crippen LogP contribution in [0.4, 0.5) is 5.82 Å². The molecule has 0 amide bonds. The summed E-state index contributed by atoms with van der Waals surface area (Å²) in [5, 5.41) is 3.05. The molecule has 1 aliphatic heterocycles. The Balaban J connectivity index is 2.05. The summed E-state index contributed by atoms with van der Waals surface area (Å²) < 4.78 is 31.7. The summed E-state index contributed by atoms with van der Waals surface area (Å²) in [7, 11) is -1.84. The van der Waals surface area contributed by atoms with Gasteiger partial charge in [0, 0.05) is 39.5 Å². The van der Waals surface area contributed by atoms with Crippen molar-refractivity contribution in [3.05, 3.63) is 18.3 Å². The molecule has 1 fully saturated rings. The minimum atomic E-state index is -3.47. The number of nitrogens with zero attached hydrogens (tertiary/aromatic N) is 2. The molecule has 118 valence electrons. The van der Waals surface area contributed by atoms with Crippen molar-refractivity contribution >= 4 is 15.8 Å². The fraction of sp³-hybridized carbons (Fsp3) is 0.643. The number of rotatable bonds is 6. The van der Waals surface area contributed by atoms with Gasteiger partial charge >= 0.3 is 0 Å². The average Bonchev–Trinajstić information content (AvgIpc) is 2.49. The summed E-state index contributed by atoms with van der Waals surface area (Å²) in [5.74, 6) is 1.05. The second kappa shape index (κ2) is 7.20. The summed E-state index contributed by atoms with van der Waals surface area (Å²) in [5.41, 5.74) is 0. The molecule has 1 saturated heterocycles. The van der Waals surface area contributed by atoms with Crippen molar-refractivity contribution in [2.45, 2.75) is 24.7 Å². The maximum absolute atomic E-state index is 12.5. The first-order valence-corrected chi connectivity index (χ1v) is 8.72. The van der Waals surface area contributed by atoms with Crippen LogP contribution in [0, 0.1) is 5.92 Å². The van der Waals surface area contributed by atoms with Crippen molar-refractivity contribution in [2.75, 3.05) is 38.7 Å². The lowest BCUT2D eigenvalue weighted by Gasteiger charge is -2.26. The largest absolute Gasteiger partial charge is 0.381 e. The molecule has 0 saturated carbocycles. The molecule has 21 heavy (non-hydrogen) atoms. The van der Waals surface area contributed by atoms with Gasteiger partial charge in [-0.3, -0.25) is 0 Å². The van der Waals surface area contributed by atoms with Crippen LogP contribution < -0.4 is 5.32 Å². The van der Waals surface area contributed by atoms with Gasteiger partial charge in [0.05, 0.1) is 0 Å². The maximum atomic E-state index is 12.5. The van der Waals surface area contributed by atoms with Gasteiger partial charge in [-0.2, -0.15) is 0 Å². The van der Waals surface area contributed by atoms with E-state index in [-0.39, 0.29) is 4.90 Å². The van der Waals surface area contributed by atoms with Crippen LogP contribution in [-0.4, -0.2) is 51.1 Å². The third-order valence-corrected chi connectivity index (χ3v) is 5.47. The van der Waals surface area contributed by atoms with Crippen molar-refractivity contribution in [1.82, 2.24) is 9.29 Å². The molecule has 6 nitrogen and oxygen atoms in total. The molecule has 1 aromatic heterocycles. The quantitative estimate of drug-likeness (QED) is 0.863. The van der Waals surface area contributed by atoms with E-state index in [1.807, 2.05) is 6.92 Å². The van der Waals surface area contributed by atoms with Gasteiger partial charge in [0.1, 0.15) is 10.7 Å². The first-order valence-electron chi connectivity index (χ1n) is 7.28. The van der Waals surface area contributed by atoms with Crippen LogP contribution in [0.3, 0.4) is 0 Å². The average molecular weight is 313 g/mol. The van der Waals surface area contributed by atoms with Crippen LogP contribution >= 0.6 is 0 Å². The van der Waals surface area contributed by atoms with E-state index in [1.54, 1.807) is 19.2 Å². The first-order chi connectivity index (χ1) is 10.0. The Hall–Kier alpha value is -1.18. The lowest BCUT2D eigenvalue weighted by Crippen LogP contribution is -2.34. The molecule has 0 unspecified atom stereocenters. The highest BCUT2D eigenvalue weighted by atomic mass is 32.2. The zero-order chi connectivity index (χ0) is 15.3. The molecule has 7 heteroatoms. The molecule has 0 atom stereocenters. The van der Waals surface area contributed by atoms with Crippen LogP contribution in [0.1, 0.15) is 19.8 Å². The van der Waals surface area contributed by atoms with Gasteiger partial charge in [0.2, 0.25) is 10.0 Å². The van der Waals surface area contributed by atoms with Gasteiger partial charge in [-0.15, -0.1) is 0 Å². The van der Waals surface area contributed by atoms with Crippen molar-refractivity contribution in [1.29, 1.82) is 0 Å². The van der Waals surface area contributed by atoms with Crippen LogP contribution in [0.2, 0.25) is 0 Å². The number of anilines is 1. The predicted octanol–water partition coefficient (Wildman–Crippen LogP) is 1.56. The van der Waals surface area contributed by atoms with E-state index in [2.05, 4.69) is 10.3 Å². The highest BCUT2D eigenvalue weighted by Gasteiger charge is 2.25. The summed E-state index contributed by atoms with van der Waals surface area (Å²) in [6.45, 7) is 4.69. The molecule has 0 aromatic carbocycles. The number of nitrogens with one attached hydrogen (secondary N) is 1. The Labute approximate surface area is 126 Å². The van der Waals surface area contributed by atoms with Crippen LogP contribution in [0.5, 0.6) is 0 Å². The van der Waals surface area contributed by atoms with Gasteiger partial charge in [0.25, 0.3) is 0 Å². The molecule has 2 rings (SSSR count). The molecular weight excluding hydrogens is 290 g/mol. The summed E-state index contributed by atoms with van der Waals surface area (Å²) in [6, 6.07) is 3.29. The smallest absolute Gasteiger partial charge is 0.244 e. The summed E-state index contributed by atoms with van der Waals surface area (Å²) in [4.78, 5) is 4.36. The Kier molecular flexibility index (Phi) is 5.55. The Morgan fingerprint density at radius 2 is 2.10 bits per heavy atom. The Morgan fingerprint density at radius 1 is 1.38 bits per heavy atom. The molecule has 0 aliphatic carbocycles. The fourth-order valence-electron chi connectivity index (χ4n) is 2.39. The first kappa shape index (κ1) is 16.2. The SMILES string of the molecule is CCNc1ccc(S(=O)(=O)N(C)CC2CCOCC2)cn1. The second-order valence-electron chi connectivity index (χ2n) is 5.25. The van der Waals surface area contributed by atoms with Gasteiger partial charge in [-0.1, -0.05) is 0 Å². The van der Waals surface area contributed by atoms with Gasteiger partial charge < -0.3 is 10.1 Å². The lowest BCUT2D eigenvalue weighted by molar-refractivity contribution is 0.0620. The number of aromatic nitrogens is 1. The van der Waals surface area contributed by atoms with Crippen molar-refractivity contribution in [3.63, 3.8) is 0 Å². The van der Waals surface area contributed by atoms with Gasteiger partial charge in [-0.25, -0.2) is 17.7 Å². The highest BCUT2D eigenvalue weighted by molar-refractivity contribution is 7.89. The lowest BCUT2D eigenvalue weighted by atomic mass is 10.0. The topological polar surface area (TPSA) is 71.5 Å². The van der Waals surface area contributed by atoms with Gasteiger partial charge in [-0.05, 0) is 37.8 Å². The normalized spacial score (nSPS) is 17.1. The number of hydrogen-bond donors (Lipinski definition) is 1. The molecular formula is C14H23N3O3S. The van der Waals surface area contributed by atoms with E-state index in [1.165, 1.54) is 10.5 Å². The second-order valence-corrected chi connectivity index (χ2v) is 7.30. The molecule has 2 heterocycles. The van der Waals surface area contributed by atoms with Crippen LogP contribution in [-0.2, 0) is 14.8 Å². The van der Waals surface area contributed by atoms with E-state index in [0.29, 0.717) is 18.3 Å². The predicted molar refractivity (Wildman–Crippen MR) is 81.8 cm³/mol. The van der Waals surface area contributed by atoms with Crippen molar-refractivity contribution < 1.29 is 13.2 Å². The number of ether oxygens (including phenoxy) is 1. The van der Waals surface area contributed by atoms with E-state index < -0.39 is 10.0 Å². The van der Waals surface area contributed by atoms with Crippen molar-refractivity contribution in [2.24, 2.45) is 5.92 Å². The fourth-order valence-corrected chi connectivity index (χ4v) is 3.58. The highest BCUT2D eigenvalue weighted by Crippen LogP contribution is 2.20. The molecule has 1 aromatic rings. The molecule has 0 radical (unpaired) electrons. The molecule has 0 spiro atoms. The zero-order valence-electron chi connectivity index (χ0n) is 12.6. The number of sulfonamides is 1. The van der Waals surface area contributed by atoms with E-state index in [4.69, 9.17) is 4.74 Å². The molecule has 1 N–H and O–H groups in total. The zero-order valence-corrected chi connectivity index (χ0v) is 13.4.